The van der Waals surface area contributed by atoms with Crippen LogP contribution < -0.4 is 26.0 Å². The highest BCUT2D eigenvalue weighted by Gasteiger charge is 2.66. The lowest BCUT2D eigenvalue weighted by Gasteiger charge is -2.69. The molecule has 2 aromatic heterocycles. The number of imide groups is 1. The second-order valence-corrected chi connectivity index (χ2v) is 22.3. The molecule has 81 heavy (non-hydrogen) atoms. The van der Waals surface area contributed by atoms with Crippen LogP contribution in [0.4, 0.5) is 15.3 Å². The van der Waals surface area contributed by atoms with E-state index in [0.717, 1.165) is 66.8 Å². The van der Waals surface area contributed by atoms with Crippen LogP contribution in [0.25, 0.3) is 11.1 Å². The molecule has 4 saturated carbocycles. The average Bonchev–Trinajstić information content (AvgIpc) is 4.05. The van der Waals surface area contributed by atoms with Crippen LogP contribution in [0.5, 0.6) is 5.75 Å². The van der Waals surface area contributed by atoms with Crippen LogP contribution in [0.3, 0.4) is 0 Å². The molecule has 26 heteroatoms. The second kappa shape index (κ2) is 24.7. The molecular formula is C55H69N7O19. The van der Waals surface area contributed by atoms with Gasteiger partial charge in [-0.2, -0.15) is 0 Å². The lowest BCUT2D eigenvalue weighted by Crippen LogP contribution is -2.64. The molecule has 4 heterocycles. The smallest absolute Gasteiger partial charge is 0.414 e. The number of aromatic nitrogens is 2. The average molecular weight is 1130 g/mol. The Morgan fingerprint density at radius 3 is 2.20 bits per heavy atom. The van der Waals surface area contributed by atoms with E-state index in [2.05, 4.69) is 44.7 Å². The Balaban J connectivity index is 0.848. The van der Waals surface area contributed by atoms with Crippen molar-refractivity contribution < 1.29 is 92.3 Å². The van der Waals surface area contributed by atoms with E-state index < -0.39 is 78.2 Å². The number of amides is 6. The molecule has 26 nitrogen and oxygen atoms in total. The number of carboxylic acids is 2. The molecule has 3 aromatic rings. The summed E-state index contributed by atoms with van der Waals surface area (Å²) in [5, 5.41) is 60.5. The number of pyridine rings is 1. The molecule has 2 aliphatic heterocycles. The molecule has 0 radical (unpaired) electrons. The summed E-state index contributed by atoms with van der Waals surface area (Å²) in [6, 6.07) is 9.68. The zero-order valence-corrected chi connectivity index (χ0v) is 45.4. The molecule has 9 N–H and O–H groups in total. The van der Waals surface area contributed by atoms with Crippen LogP contribution in [0.15, 0.2) is 54.7 Å². The SMILES string of the molecule is CNC(=O)Cc1ccc(-c2ccn(CC34CC5(C)CC(C)(C3)CC(OCCNC(=O)OCc3ccc(NC(=O)O[C@@H]6O[C@H](C(=O)O)[C@@H](O)[C@H](O)[C@H]6O)c(OCCOCCNC(=O)CCN6C(=O)C=CC6=O)c3)(C5)C4)c2C)c(C(=O)O)n1. The lowest BCUT2D eigenvalue weighted by atomic mass is 9.39. The van der Waals surface area contributed by atoms with Gasteiger partial charge in [-0.15, -0.1) is 0 Å². The summed E-state index contributed by atoms with van der Waals surface area (Å²) in [7, 11) is 1.51. The molecule has 5 fully saturated rings. The maximum Gasteiger partial charge on any atom is 0.414 e. The van der Waals surface area contributed by atoms with Crippen molar-refractivity contribution in [2.75, 3.05) is 58.4 Å². The maximum absolute atomic E-state index is 13.1. The lowest BCUT2D eigenvalue weighted by molar-refractivity contribution is -0.277. The first-order valence-electron chi connectivity index (χ1n) is 26.6. The molecule has 9 rings (SSSR count). The first-order valence-corrected chi connectivity index (χ1v) is 26.6. The molecule has 0 spiro atoms. The zero-order valence-electron chi connectivity index (χ0n) is 45.4. The molecule has 438 valence electrons. The van der Waals surface area contributed by atoms with Crippen molar-refractivity contribution in [2.24, 2.45) is 16.2 Å². The monoisotopic (exact) mass is 1130 g/mol. The number of aliphatic hydroxyl groups excluding tert-OH is 3. The third kappa shape index (κ3) is 14.2. The molecule has 4 bridgehead atoms. The number of aliphatic hydroxyl groups is 3. The Morgan fingerprint density at radius 2 is 1.51 bits per heavy atom. The number of likely N-dealkylation sites (N-methyl/N-ethyl adjacent to an activating group) is 1. The van der Waals surface area contributed by atoms with Gasteiger partial charge in [-0.05, 0) is 91.5 Å². The van der Waals surface area contributed by atoms with Crippen molar-refractivity contribution in [2.45, 2.75) is 122 Å². The van der Waals surface area contributed by atoms with E-state index in [-0.39, 0.29) is 105 Å². The number of hydrogen-bond acceptors (Lipinski definition) is 18. The number of carboxylic acid groups (broad SMARTS) is 2. The standard InChI is InChI=1S/C55H69N7O19/c1-31-34(35-7-6-33(22-39(64)56-4)59-42(35)47(70)71)11-15-61(31)30-54-25-52(2)24-53(3,26-54)28-55(27-52,29-54)79-18-14-58-50(74)78-23-32-5-8-36(60-51(75)81-49-45(69)43(67)44(68)46(80-49)48(72)73)37(21-32)77-20-19-76-17-13-57-38(63)12-16-62-40(65)9-10-41(62)66/h5-11,15,21,43-46,49,67-69H,12-14,16-20,22-30H2,1-4H3,(H,56,64)(H,57,63)(H,58,74)(H,60,75)(H,70,71)(H,72,73)/t43-,44-,45+,46-,49-,52?,53?,54?,55?/m0/s1. The largest absolute Gasteiger partial charge is 0.489 e. The van der Waals surface area contributed by atoms with E-state index in [9.17, 15) is 63.9 Å². The van der Waals surface area contributed by atoms with Gasteiger partial charge in [0.05, 0.1) is 43.2 Å². The van der Waals surface area contributed by atoms with Crippen molar-refractivity contribution in [3.05, 3.63) is 77.4 Å². The summed E-state index contributed by atoms with van der Waals surface area (Å²) in [5.41, 5.74) is 2.23. The van der Waals surface area contributed by atoms with Gasteiger partial charge >= 0.3 is 24.1 Å². The van der Waals surface area contributed by atoms with Crippen LogP contribution in [0.1, 0.15) is 86.2 Å². The van der Waals surface area contributed by atoms with Crippen molar-refractivity contribution in [1.82, 2.24) is 30.4 Å². The third-order valence-electron chi connectivity index (χ3n) is 15.5. The highest BCUT2D eigenvalue weighted by atomic mass is 16.7. The van der Waals surface area contributed by atoms with E-state index in [1.807, 2.05) is 19.2 Å². The molecule has 2 unspecified atom stereocenters. The quantitative estimate of drug-likeness (QED) is 0.0433. The van der Waals surface area contributed by atoms with E-state index in [0.29, 0.717) is 23.4 Å². The van der Waals surface area contributed by atoms with Crippen LogP contribution in [0, 0.1) is 23.2 Å². The number of aliphatic carboxylic acids is 1. The summed E-state index contributed by atoms with van der Waals surface area (Å²) in [6.07, 6.45) is -2.37. The van der Waals surface area contributed by atoms with Gasteiger partial charge in [0.2, 0.25) is 18.1 Å². The van der Waals surface area contributed by atoms with Crippen molar-refractivity contribution in [1.29, 1.82) is 0 Å². The molecule has 1 aromatic carbocycles. The number of nitrogens with zero attached hydrogens (tertiary/aromatic N) is 3. The number of benzene rings is 1. The Kier molecular flexibility index (Phi) is 18.2. The Hall–Kier alpha value is -7.49. The van der Waals surface area contributed by atoms with E-state index in [4.69, 9.17) is 28.4 Å². The first-order chi connectivity index (χ1) is 38.4. The van der Waals surface area contributed by atoms with Crippen LogP contribution in [-0.4, -0.2) is 177 Å². The van der Waals surface area contributed by atoms with Crippen molar-refractivity contribution in [3.63, 3.8) is 0 Å². The third-order valence-corrected chi connectivity index (χ3v) is 15.5. The summed E-state index contributed by atoms with van der Waals surface area (Å²) in [4.78, 5) is 103. The minimum absolute atomic E-state index is 0.000161. The number of carbonyl (C=O) groups is 8. The van der Waals surface area contributed by atoms with Gasteiger partial charge in [-0.1, -0.05) is 26.0 Å². The Bertz CT molecular complexity index is 2910. The number of hydrogen-bond donors (Lipinski definition) is 9. The number of nitrogens with one attached hydrogen (secondary N) is 4. The Labute approximate surface area is 465 Å². The molecule has 1 saturated heterocycles. The Morgan fingerprint density at radius 1 is 0.790 bits per heavy atom. The number of aromatic carboxylic acids is 1. The second-order valence-electron chi connectivity index (χ2n) is 22.3. The fraction of sp³-hybridized carbons (Fsp3) is 0.545. The van der Waals surface area contributed by atoms with Gasteiger partial charge < -0.3 is 74.5 Å². The molecule has 7 atom stereocenters. The first kappa shape index (κ1) is 59.6. The molecule has 6 aliphatic rings. The van der Waals surface area contributed by atoms with Crippen LogP contribution in [0.2, 0.25) is 0 Å². The number of ether oxygens (including phenoxy) is 6. The number of anilines is 1. The summed E-state index contributed by atoms with van der Waals surface area (Å²) < 4.78 is 36.2. The van der Waals surface area contributed by atoms with Gasteiger partial charge in [0, 0.05) is 74.8 Å². The van der Waals surface area contributed by atoms with Crippen LogP contribution in [-0.2, 0) is 67.2 Å². The predicted octanol–water partition coefficient (Wildman–Crippen LogP) is 2.17. The fourth-order valence-corrected chi connectivity index (χ4v) is 13.2. The molecular weight excluding hydrogens is 1060 g/mol. The van der Waals surface area contributed by atoms with E-state index >= 15 is 0 Å². The van der Waals surface area contributed by atoms with Gasteiger partial charge in [-0.25, -0.2) is 24.2 Å². The van der Waals surface area contributed by atoms with Crippen molar-refractivity contribution >= 4 is 53.4 Å². The van der Waals surface area contributed by atoms with Gasteiger partial charge in [0.25, 0.3) is 11.8 Å². The minimum Gasteiger partial charge on any atom is -0.489 e. The van der Waals surface area contributed by atoms with E-state index in [1.54, 1.807) is 12.1 Å². The topological polar surface area (TPSA) is 362 Å². The highest BCUT2D eigenvalue weighted by molar-refractivity contribution is 6.13. The molecule has 4 aliphatic carbocycles. The van der Waals surface area contributed by atoms with Crippen LogP contribution >= 0.6 is 0 Å². The maximum atomic E-state index is 13.1. The van der Waals surface area contributed by atoms with Gasteiger partial charge in [-0.3, -0.25) is 29.4 Å². The van der Waals surface area contributed by atoms with Crippen molar-refractivity contribution in [3.8, 4) is 16.9 Å². The summed E-state index contributed by atoms with van der Waals surface area (Å²) in [6.45, 7) is 7.40. The summed E-state index contributed by atoms with van der Waals surface area (Å²) in [5.74, 6) is -4.51. The fourth-order valence-electron chi connectivity index (χ4n) is 13.2. The number of rotatable bonds is 25. The van der Waals surface area contributed by atoms with E-state index in [1.165, 1.54) is 25.2 Å². The van der Waals surface area contributed by atoms with Gasteiger partial charge in [0.15, 0.2) is 11.8 Å². The number of carbonyl (C=O) groups excluding carboxylic acids is 6. The zero-order chi connectivity index (χ0) is 58.4. The predicted molar refractivity (Wildman–Crippen MR) is 281 cm³/mol. The normalized spacial score (nSPS) is 27.2. The summed E-state index contributed by atoms with van der Waals surface area (Å²) >= 11 is 0. The van der Waals surface area contributed by atoms with Gasteiger partial charge in [0.1, 0.15) is 37.3 Å². The highest BCUT2D eigenvalue weighted by Crippen LogP contribution is 2.72. The minimum atomic E-state index is -2.03. The molecule has 6 amide bonds. The number of alkyl carbamates (subject to hydrolysis) is 1.